The highest BCUT2D eigenvalue weighted by Crippen LogP contribution is 2.31. The van der Waals surface area contributed by atoms with Gasteiger partial charge in [0.2, 0.25) is 0 Å². The number of nitrogen functional groups attached to an aromatic ring is 1. The maximum absolute atomic E-state index is 12.6. The second-order valence-electron chi connectivity index (χ2n) is 5.22. The Kier molecular flexibility index (Phi) is 3.14. The topological polar surface area (TPSA) is 59.2 Å². The third kappa shape index (κ3) is 2.13. The van der Waals surface area contributed by atoms with Gasteiger partial charge in [-0.15, -0.1) is 0 Å². The Morgan fingerprint density at radius 1 is 1.30 bits per heavy atom. The fourth-order valence-electron chi connectivity index (χ4n) is 2.74. The molecule has 20 heavy (non-hydrogen) atoms. The Hall–Kier alpha value is -2.36. The molecule has 2 N–H and O–H groups in total. The minimum Gasteiger partial charge on any atom is -0.398 e. The predicted octanol–water partition coefficient (Wildman–Crippen LogP) is 2.42. The minimum atomic E-state index is 0.00172. The van der Waals surface area contributed by atoms with Gasteiger partial charge in [0.15, 0.2) is 0 Å². The number of hydrogen-bond donors (Lipinski definition) is 1. The first kappa shape index (κ1) is 12.7. The van der Waals surface area contributed by atoms with Crippen LogP contribution in [0.4, 0.5) is 5.69 Å². The van der Waals surface area contributed by atoms with Crippen LogP contribution in [-0.2, 0) is 6.54 Å². The van der Waals surface area contributed by atoms with Crippen molar-refractivity contribution in [2.24, 2.45) is 0 Å². The first-order valence-corrected chi connectivity index (χ1v) is 6.74. The van der Waals surface area contributed by atoms with E-state index in [1.54, 1.807) is 12.3 Å². The molecule has 1 aliphatic heterocycles. The molecule has 3 rings (SSSR count). The summed E-state index contributed by atoms with van der Waals surface area (Å²) >= 11 is 0. The van der Waals surface area contributed by atoms with Crippen molar-refractivity contribution in [3.63, 3.8) is 0 Å². The Labute approximate surface area is 118 Å². The minimum absolute atomic E-state index is 0.00172. The van der Waals surface area contributed by atoms with Crippen LogP contribution in [0.3, 0.4) is 0 Å². The Balaban J connectivity index is 1.93. The smallest absolute Gasteiger partial charge is 0.256 e. The molecule has 0 saturated heterocycles. The maximum Gasteiger partial charge on any atom is 0.256 e. The number of anilines is 1. The number of amides is 1. The van der Waals surface area contributed by atoms with Gasteiger partial charge in [0.05, 0.1) is 17.8 Å². The molecule has 0 spiro atoms. The number of fused-ring (bicyclic) bond motifs is 1. The molecule has 1 aromatic heterocycles. The molecule has 2 heterocycles. The number of aromatic nitrogens is 1. The van der Waals surface area contributed by atoms with E-state index in [1.807, 2.05) is 35.2 Å². The molecule has 4 heteroatoms. The van der Waals surface area contributed by atoms with Gasteiger partial charge in [0.25, 0.3) is 5.91 Å². The average molecular weight is 267 g/mol. The summed E-state index contributed by atoms with van der Waals surface area (Å²) in [5.74, 6) is 0.289. The summed E-state index contributed by atoms with van der Waals surface area (Å²) in [7, 11) is 0. The second kappa shape index (κ2) is 4.96. The van der Waals surface area contributed by atoms with E-state index in [4.69, 9.17) is 5.73 Å². The number of benzene rings is 1. The molecular formula is C16H17N3O. The Bertz CT molecular complexity index is 639. The first-order chi connectivity index (χ1) is 9.66. The zero-order valence-corrected chi connectivity index (χ0v) is 11.4. The molecule has 102 valence electrons. The van der Waals surface area contributed by atoms with Crippen LogP contribution in [0.15, 0.2) is 42.6 Å². The molecule has 1 atom stereocenters. The number of nitrogens with two attached hydrogens (primary N) is 1. The fourth-order valence-corrected chi connectivity index (χ4v) is 2.74. The molecule has 1 aliphatic rings. The van der Waals surface area contributed by atoms with E-state index in [9.17, 15) is 4.79 Å². The summed E-state index contributed by atoms with van der Waals surface area (Å²) in [6, 6.07) is 11.4. The van der Waals surface area contributed by atoms with Crippen LogP contribution in [0.2, 0.25) is 0 Å². The van der Waals surface area contributed by atoms with Crippen molar-refractivity contribution in [1.82, 2.24) is 9.88 Å². The summed E-state index contributed by atoms with van der Waals surface area (Å²) < 4.78 is 0. The van der Waals surface area contributed by atoms with Crippen molar-refractivity contribution >= 4 is 11.6 Å². The number of pyridine rings is 1. The van der Waals surface area contributed by atoms with E-state index >= 15 is 0 Å². The van der Waals surface area contributed by atoms with E-state index < -0.39 is 0 Å². The third-order valence-corrected chi connectivity index (χ3v) is 3.73. The molecule has 0 aliphatic carbocycles. The quantitative estimate of drug-likeness (QED) is 0.850. The van der Waals surface area contributed by atoms with Crippen molar-refractivity contribution in [3.05, 3.63) is 59.4 Å². The molecule has 1 amide bonds. The van der Waals surface area contributed by atoms with E-state index in [-0.39, 0.29) is 11.8 Å². The summed E-state index contributed by atoms with van der Waals surface area (Å²) in [4.78, 5) is 18.7. The Morgan fingerprint density at radius 3 is 2.90 bits per heavy atom. The van der Waals surface area contributed by atoms with E-state index in [2.05, 4.69) is 11.9 Å². The van der Waals surface area contributed by atoms with Crippen LogP contribution >= 0.6 is 0 Å². The van der Waals surface area contributed by atoms with Crippen molar-refractivity contribution in [1.29, 1.82) is 0 Å². The van der Waals surface area contributed by atoms with Crippen LogP contribution in [0.1, 0.15) is 34.5 Å². The number of hydrogen-bond acceptors (Lipinski definition) is 3. The molecule has 1 aromatic carbocycles. The summed E-state index contributed by atoms with van der Waals surface area (Å²) in [5.41, 5.74) is 9.14. The standard InChI is InChI=1S/C16H17N3O/c1-11-9-19(10-12-5-2-3-8-18-12)16(20)15-13(11)6-4-7-14(15)17/h2-8,11H,9-10,17H2,1H3. The van der Waals surface area contributed by atoms with Gasteiger partial charge in [-0.2, -0.15) is 0 Å². The molecule has 0 radical (unpaired) electrons. The molecular weight excluding hydrogens is 250 g/mol. The highest BCUT2D eigenvalue weighted by Gasteiger charge is 2.30. The normalized spacial score (nSPS) is 17.9. The van der Waals surface area contributed by atoms with Crippen LogP contribution in [0, 0.1) is 0 Å². The Morgan fingerprint density at radius 2 is 2.15 bits per heavy atom. The average Bonchev–Trinajstić information content (AvgIpc) is 2.45. The van der Waals surface area contributed by atoms with Gasteiger partial charge < -0.3 is 10.6 Å². The molecule has 0 saturated carbocycles. The lowest BCUT2D eigenvalue weighted by Crippen LogP contribution is -2.39. The largest absolute Gasteiger partial charge is 0.398 e. The zero-order valence-electron chi connectivity index (χ0n) is 11.4. The highest BCUT2D eigenvalue weighted by atomic mass is 16.2. The van der Waals surface area contributed by atoms with Crippen molar-refractivity contribution in [3.8, 4) is 0 Å². The number of carbonyl (C=O) groups excluding carboxylic acids is 1. The summed E-state index contributed by atoms with van der Waals surface area (Å²) in [5, 5.41) is 0. The van der Waals surface area contributed by atoms with Crippen LogP contribution in [-0.4, -0.2) is 22.3 Å². The van der Waals surface area contributed by atoms with E-state index in [0.29, 0.717) is 24.3 Å². The SMILES string of the molecule is CC1CN(Cc2ccccn2)C(=O)c2c(N)cccc21. The number of nitrogens with zero attached hydrogens (tertiary/aromatic N) is 2. The van der Waals surface area contributed by atoms with Crippen molar-refractivity contribution in [2.45, 2.75) is 19.4 Å². The summed E-state index contributed by atoms with van der Waals surface area (Å²) in [6.45, 7) is 3.35. The predicted molar refractivity (Wildman–Crippen MR) is 78.2 cm³/mol. The molecule has 2 aromatic rings. The van der Waals surface area contributed by atoms with Gasteiger partial charge in [-0.3, -0.25) is 9.78 Å². The highest BCUT2D eigenvalue weighted by molar-refractivity contribution is 6.01. The lowest BCUT2D eigenvalue weighted by atomic mass is 9.89. The molecule has 4 nitrogen and oxygen atoms in total. The summed E-state index contributed by atoms with van der Waals surface area (Å²) in [6.07, 6.45) is 1.75. The first-order valence-electron chi connectivity index (χ1n) is 6.74. The lowest BCUT2D eigenvalue weighted by Gasteiger charge is -2.33. The molecule has 0 fully saturated rings. The van der Waals surface area contributed by atoms with Crippen LogP contribution in [0.5, 0.6) is 0 Å². The van der Waals surface area contributed by atoms with Gasteiger partial charge in [-0.1, -0.05) is 25.1 Å². The third-order valence-electron chi connectivity index (χ3n) is 3.73. The van der Waals surface area contributed by atoms with Gasteiger partial charge in [0, 0.05) is 18.4 Å². The van der Waals surface area contributed by atoms with Crippen molar-refractivity contribution in [2.75, 3.05) is 12.3 Å². The van der Waals surface area contributed by atoms with Gasteiger partial charge in [-0.25, -0.2) is 0 Å². The lowest BCUT2D eigenvalue weighted by molar-refractivity contribution is 0.0710. The number of rotatable bonds is 2. The van der Waals surface area contributed by atoms with Crippen LogP contribution < -0.4 is 5.73 Å². The van der Waals surface area contributed by atoms with Gasteiger partial charge in [0.1, 0.15) is 0 Å². The number of carbonyl (C=O) groups is 1. The van der Waals surface area contributed by atoms with Gasteiger partial charge in [-0.05, 0) is 29.7 Å². The fraction of sp³-hybridized carbons (Fsp3) is 0.250. The second-order valence-corrected chi connectivity index (χ2v) is 5.22. The zero-order chi connectivity index (χ0) is 14.1. The van der Waals surface area contributed by atoms with Gasteiger partial charge >= 0.3 is 0 Å². The molecule has 1 unspecified atom stereocenters. The van der Waals surface area contributed by atoms with Crippen LogP contribution in [0.25, 0.3) is 0 Å². The van der Waals surface area contributed by atoms with E-state index in [0.717, 1.165) is 11.3 Å². The molecule has 0 bridgehead atoms. The van der Waals surface area contributed by atoms with Crippen molar-refractivity contribution < 1.29 is 4.79 Å². The van der Waals surface area contributed by atoms with E-state index in [1.165, 1.54) is 0 Å². The maximum atomic E-state index is 12.6. The monoisotopic (exact) mass is 267 g/mol.